The Morgan fingerprint density at radius 1 is 0.914 bits per heavy atom. The molecule has 0 N–H and O–H groups in total. The van der Waals surface area contributed by atoms with Gasteiger partial charge in [0.2, 0.25) is 11.5 Å². The van der Waals surface area contributed by atoms with E-state index in [1.807, 2.05) is 40.3 Å². The molecule has 0 aliphatic heterocycles. The van der Waals surface area contributed by atoms with Crippen molar-refractivity contribution in [2.24, 2.45) is 4.99 Å². The first-order chi connectivity index (χ1) is 16.7. The number of hydrogen-bond acceptors (Lipinski definition) is 3. The number of hydrogen-bond donors (Lipinski definition) is 0. The zero-order chi connectivity index (χ0) is 25.1. The molecule has 1 amide bonds. The number of amides is 1. The Bertz CT molecular complexity index is 1470. The summed E-state index contributed by atoms with van der Waals surface area (Å²) in [6.07, 6.45) is -0.674. The van der Waals surface area contributed by atoms with Gasteiger partial charge < -0.3 is 13.9 Å². The van der Waals surface area contributed by atoms with Crippen molar-refractivity contribution in [1.82, 2.24) is 9.13 Å². The molecule has 0 radical (unpaired) electrons. The number of benzene rings is 3. The molecule has 180 valence electrons. The first-order valence-electron chi connectivity index (χ1n) is 11.1. The van der Waals surface area contributed by atoms with Crippen molar-refractivity contribution in [2.75, 3.05) is 0 Å². The molecule has 1 aromatic heterocycles. The van der Waals surface area contributed by atoms with Gasteiger partial charge in [0.25, 0.3) is 0 Å². The average Bonchev–Trinajstić information content (AvgIpc) is 3.08. The van der Waals surface area contributed by atoms with Crippen LogP contribution in [-0.4, -0.2) is 21.0 Å². The molecule has 8 heteroatoms. The van der Waals surface area contributed by atoms with Crippen LogP contribution in [0.25, 0.3) is 11.0 Å². The van der Waals surface area contributed by atoms with Crippen LogP contribution < -0.4 is 5.62 Å². The molecule has 0 bridgehead atoms. The van der Waals surface area contributed by atoms with Crippen LogP contribution in [0.5, 0.6) is 0 Å². The lowest BCUT2D eigenvalue weighted by atomic mass is 10.1. The highest BCUT2D eigenvalue weighted by atomic mass is 35.5. The molecule has 1 atom stereocenters. The number of imidazole rings is 1. The number of ether oxygens (including phenoxy) is 1. The quantitative estimate of drug-likeness (QED) is 0.306. The monoisotopic (exact) mass is 509 g/mol. The molecule has 3 aromatic carbocycles. The highest BCUT2D eigenvalue weighted by molar-refractivity contribution is 6.42. The molecule has 0 saturated heterocycles. The van der Waals surface area contributed by atoms with Crippen molar-refractivity contribution >= 4 is 46.1 Å². The first-order valence-corrected chi connectivity index (χ1v) is 11.9. The van der Waals surface area contributed by atoms with Gasteiger partial charge in [0.05, 0.1) is 34.2 Å². The fraction of sp³-hybridized carbons (Fsp3) is 0.222. The summed E-state index contributed by atoms with van der Waals surface area (Å²) in [4.78, 5) is 28.6. The van der Waals surface area contributed by atoms with Crippen molar-refractivity contribution in [3.63, 3.8) is 0 Å². The van der Waals surface area contributed by atoms with Gasteiger partial charge in [0, 0.05) is 13.8 Å². The van der Waals surface area contributed by atoms with E-state index in [-0.39, 0.29) is 12.5 Å². The second-order valence-corrected chi connectivity index (χ2v) is 9.19. The van der Waals surface area contributed by atoms with Gasteiger partial charge in [-0.15, -0.1) is 0 Å². The summed E-state index contributed by atoms with van der Waals surface area (Å²) in [6.45, 7) is 5.56. The summed E-state index contributed by atoms with van der Waals surface area (Å²) in [5.41, 5.74) is 5.16. The lowest BCUT2D eigenvalue weighted by molar-refractivity contribution is -0.147. The third-order valence-electron chi connectivity index (χ3n) is 5.64. The van der Waals surface area contributed by atoms with E-state index in [4.69, 9.17) is 27.9 Å². The van der Waals surface area contributed by atoms with Gasteiger partial charge in [-0.05, 0) is 42.3 Å². The minimum atomic E-state index is -0.674. The van der Waals surface area contributed by atoms with Crippen molar-refractivity contribution < 1.29 is 14.3 Å². The average molecular weight is 510 g/mol. The van der Waals surface area contributed by atoms with Crippen LogP contribution in [-0.2, 0) is 27.4 Å². The fourth-order valence-electron chi connectivity index (χ4n) is 4.04. The van der Waals surface area contributed by atoms with E-state index in [1.54, 1.807) is 18.2 Å². The molecule has 0 spiro atoms. The molecule has 35 heavy (non-hydrogen) atoms. The molecule has 4 rings (SSSR count). The van der Waals surface area contributed by atoms with Crippen molar-refractivity contribution in [3.8, 4) is 0 Å². The van der Waals surface area contributed by atoms with E-state index in [9.17, 15) is 9.59 Å². The van der Waals surface area contributed by atoms with Gasteiger partial charge in [-0.3, -0.25) is 9.59 Å². The van der Waals surface area contributed by atoms with Crippen LogP contribution >= 0.6 is 23.2 Å². The molecule has 0 aliphatic rings. The van der Waals surface area contributed by atoms with Gasteiger partial charge in [-0.1, -0.05) is 71.2 Å². The minimum Gasteiger partial charge on any atom is -0.456 e. The van der Waals surface area contributed by atoms with E-state index in [1.165, 1.54) is 19.4 Å². The van der Waals surface area contributed by atoms with Gasteiger partial charge in [0.1, 0.15) is 6.10 Å². The molecule has 1 heterocycles. The van der Waals surface area contributed by atoms with Gasteiger partial charge in [-0.2, -0.15) is 4.99 Å². The molecular weight excluding hydrogens is 485 g/mol. The Labute approximate surface area is 213 Å². The maximum absolute atomic E-state index is 12.2. The van der Waals surface area contributed by atoms with E-state index < -0.39 is 12.1 Å². The van der Waals surface area contributed by atoms with E-state index >= 15 is 0 Å². The second-order valence-electron chi connectivity index (χ2n) is 8.37. The number of nitrogens with zero attached hydrogens (tertiary/aromatic N) is 3. The van der Waals surface area contributed by atoms with Crippen LogP contribution in [0.4, 0.5) is 0 Å². The SMILES string of the molecule is CC(=O)/N=c1\n(Cc2ccc(C)cc2)c2ccccc2n1CC(OC(C)=O)c1ccc(Cl)c(Cl)c1. The Hall–Kier alpha value is -3.35. The van der Waals surface area contributed by atoms with E-state index in [2.05, 4.69) is 29.3 Å². The predicted molar refractivity (Wildman–Crippen MR) is 137 cm³/mol. The largest absolute Gasteiger partial charge is 0.456 e. The highest BCUT2D eigenvalue weighted by Crippen LogP contribution is 2.29. The van der Waals surface area contributed by atoms with Crippen LogP contribution in [0.15, 0.2) is 71.7 Å². The Morgan fingerprint density at radius 3 is 2.17 bits per heavy atom. The van der Waals surface area contributed by atoms with Crippen LogP contribution in [0, 0.1) is 6.92 Å². The van der Waals surface area contributed by atoms with E-state index in [0.717, 1.165) is 16.6 Å². The third kappa shape index (κ3) is 5.66. The summed E-state index contributed by atoms with van der Waals surface area (Å²) in [6, 6.07) is 21.2. The molecule has 0 fully saturated rings. The summed E-state index contributed by atoms with van der Waals surface area (Å²) in [5.74, 6) is -0.764. The Kier molecular flexibility index (Phi) is 7.43. The van der Waals surface area contributed by atoms with Gasteiger partial charge >= 0.3 is 5.97 Å². The molecule has 0 aliphatic carbocycles. The summed E-state index contributed by atoms with van der Waals surface area (Å²) >= 11 is 12.4. The third-order valence-corrected chi connectivity index (χ3v) is 6.38. The number of rotatable bonds is 6. The van der Waals surface area contributed by atoms with Crippen LogP contribution in [0.2, 0.25) is 10.0 Å². The maximum Gasteiger partial charge on any atom is 0.303 e. The summed E-state index contributed by atoms with van der Waals surface area (Å²) < 4.78 is 9.59. The zero-order valence-corrected chi connectivity index (χ0v) is 21.2. The lowest BCUT2D eigenvalue weighted by Crippen LogP contribution is -2.30. The van der Waals surface area contributed by atoms with Crippen molar-refractivity contribution in [1.29, 1.82) is 0 Å². The molecule has 0 saturated carbocycles. The normalized spacial score (nSPS) is 12.7. The fourth-order valence-corrected chi connectivity index (χ4v) is 4.35. The highest BCUT2D eigenvalue weighted by Gasteiger charge is 2.21. The van der Waals surface area contributed by atoms with E-state index in [0.29, 0.717) is 27.8 Å². The number of esters is 1. The number of aromatic nitrogens is 2. The number of halogens is 2. The standard InChI is InChI=1S/C27H25Cl2N3O3/c1-17-8-10-20(11-9-17)15-31-24-6-4-5-7-25(24)32(27(31)30-18(2)33)16-26(35-19(3)34)21-12-13-22(28)23(29)14-21/h4-14,26H,15-16H2,1-3H3/b30-27+. The number of fused-ring (bicyclic) bond motifs is 1. The molecular formula is C27H25Cl2N3O3. The summed E-state index contributed by atoms with van der Waals surface area (Å²) in [5, 5.41) is 0.772. The van der Waals surface area contributed by atoms with Crippen molar-refractivity contribution in [2.45, 2.75) is 40.0 Å². The minimum absolute atomic E-state index is 0.227. The number of aryl methyl sites for hydroxylation is 1. The maximum atomic E-state index is 12.2. The Balaban J connectivity index is 1.89. The predicted octanol–water partition coefficient (Wildman–Crippen LogP) is 5.86. The van der Waals surface area contributed by atoms with Crippen LogP contribution in [0.3, 0.4) is 0 Å². The molecule has 1 unspecified atom stereocenters. The number of carbonyl (C=O) groups is 2. The van der Waals surface area contributed by atoms with Crippen LogP contribution in [0.1, 0.15) is 36.6 Å². The zero-order valence-electron chi connectivity index (χ0n) is 19.7. The number of carbonyl (C=O) groups excluding carboxylic acids is 2. The smallest absolute Gasteiger partial charge is 0.303 e. The topological polar surface area (TPSA) is 65.6 Å². The first kappa shape index (κ1) is 24.8. The van der Waals surface area contributed by atoms with Crippen molar-refractivity contribution in [3.05, 3.63) is 99.1 Å². The lowest BCUT2D eigenvalue weighted by Gasteiger charge is -2.19. The number of para-hydroxylation sites is 2. The summed E-state index contributed by atoms with van der Waals surface area (Å²) in [7, 11) is 0. The molecule has 4 aromatic rings. The van der Waals surface area contributed by atoms with Gasteiger partial charge in [-0.25, -0.2) is 0 Å². The Morgan fingerprint density at radius 2 is 1.57 bits per heavy atom. The second kappa shape index (κ2) is 10.5. The molecule has 6 nitrogen and oxygen atoms in total. The van der Waals surface area contributed by atoms with Gasteiger partial charge in [0.15, 0.2) is 0 Å².